The summed E-state index contributed by atoms with van der Waals surface area (Å²) in [6.07, 6.45) is 13.2. The van der Waals surface area contributed by atoms with Gasteiger partial charge in [0.2, 0.25) is 0 Å². The van der Waals surface area contributed by atoms with E-state index in [1.807, 2.05) is 0 Å². The molecule has 0 aromatic heterocycles. The normalized spacial score (nSPS) is 23.6. The van der Waals surface area contributed by atoms with Crippen molar-refractivity contribution in [1.29, 1.82) is 0 Å². The summed E-state index contributed by atoms with van der Waals surface area (Å²) in [6.45, 7) is 11.0. The van der Waals surface area contributed by atoms with Crippen molar-refractivity contribution in [3.63, 3.8) is 0 Å². The molecule has 0 aromatic carbocycles. The molecule has 0 amide bonds. The van der Waals surface area contributed by atoms with Gasteiger partial charge in [0, 0.05) is 13.1 Å². The molecular weight excluding hydrogens is 244 g/mol. The van der Waals surface area contributed by atoms with Crippen molar-refractivity contribution in [2.45, 2.75) is 71.6 Å². The van der Waals surface area contributed by atoms with Crippen molar-refractivity contribution < 1.29 is 0 Å². The molecule has 1 N–H and O–H groups in total. The van der Waals surface area contributed by atoms with Crippen molar-refractivity contribution in [1.82, 2.24) is 10.2 Å². The lowest BCUT2D eigenvalue weighted by Crippen LogP contribution is -2.43. The Kier molecular flexibility index (Phi) is 6.83. The Morgan fingerprint density at radius 1 is 0.950 bits per heavy atom. The summed E-state index contributed by atoms with van der Waals surface area (Å²) in [5.74, 6) is 0.852. The number of likely N-dealkylation sites (tertiary alicyclic amines) is 1. The van der Waals surface area contributed by atoms with E-state index in [2.05, 4.69) is 24.1 Å². The smallest absolute Gasteiger partial charge is 0.0107 e. The molecule has 0 unspecified atom stereocenters. The monoisotopic (exact) mass is 280 g/mol. The quantitative estimate of drug-likeness (QED) is 0.708. The summed E-state index contributed by atoms with van der Waals surface area (Å²) in [4.78, 5) is 2.69. The van der Waals surface area contributed by atoms with E-state index >= 15 is 0 Å². The number of nitrogens with zero attached hydrogens (tertiary/aromatic N) is 1. The van der Waals surface area contributed by atoms with Crippen LogP contribution < -0.4 is 5.32 Å². The molecule has 0 atom stereocenters. The first kappa shape index (κ1) is 16.3. The maximum absolute atomic E-state index is 3.62. The van der Waals surface area contributed by atoms with E-state index in [0.29, 0.717) is 0 Å². The molecule has 0 radical (unpaired) electrons. The summed E-state index contributed by atoms with van der Waals surface area (Å²) < 4.78 is 0. The van der Waals surface area contributed by atoms with Crippen LogP contribution in [0.2, 0.25) is 0 Å². The predicted octanol–water partition coefficient (Wildman–Crippen LogP) is 4.06. The topological polar surface area (TPSA) is 15.3 Å². The Bertz CT molecular complexity index is 246. The van der Waals surface area contributed by atoms with Gasteiger partial charge in [-0.25, -0.2) is 0 Å². The molecular formula is C18H36N2. The maximum Gasteiger partial charge on any atom is 0.0107 e. The van der Waals surface area contributed by atoms with Gasteiger partial charge >= 0.3 is 0 Å². The first-order valence-electron chi connectivity index (χ1n) is 9.13. The number of nitrogens with one attached hydrogen (secondary N) is 1. The molecule has 118 valence electrons. The van der Waals surface area contributed by atoms with Gasteiger partial charge in [-0.3, -0.25) is 0 Å². The molecule has 2 rings (SSSR count). The Labute approximate surface area is 126 Å². The third kappa shape index (κ3) is 5.37. The van der Waals surface area contributed by atoms with E-state index in [4.69, 9.17) is 0 Å². The van der Waals surface area contributed by atoms with E-state index in [-0.39, 0.29) is 0 Å². The number of piperidine rings is 1. The van der Waals surface area contributed by atoms with Gasteiger partial charge < -0.3 is 10.2 Å². The van der Waals surface area contributed by atoms with Crippen molar-refractivity contribution in [3.05, 3.63) is 0 Å². The van der Waals surface area contributed by atoms with Crippen LogP contribution >= 0.6 is 0 Å². The first-order chi connectivity index (χ1) is 9.70. The second kappa shape index (κ2) is 8.38. The number of rotatable bonds is 7. The molecule has 2 heteroatoms. The van der Waals surface area contributed by atoms with Gasteiger partial charge in [0.1, 0.15) is 0 Å². The van der Waals surface area contributed by atoms with Gasteiger partial charge in [-0.05, 0) is 69.5 Å². The van der Waals surface area contributed by atoms with Crippen molar-refractivity contribution in [3.8, 4) is 0 Å². The van der Waals surface area contributed by atoms with Crippen LogP contribution in [0.5, 0.6) is 0 Å². The predicted molar refractivity (Wildman–Crippen MR) is 88.1 cm³/mol. The number of hydrogen-bond acceptors (Lipinski definition) is 2. The van der Waals surface area contributed by atoms with Crippen LogP contribution in [-0.4, -0.2) is 37.6 Å². The van der Waals surface area contributed by atoms with Gasteiger partial charge in [0.05, 0.1) is 0 Å². The summed E-state index contributed by atoms with van der Waals surface area (Å²) in [7, 11) is 0. The van der Waals surface area contributed by atoms with Crippen molar-refractivity contribution in [2.75, 3.05) is 32.7 Å². The summed E-state index contributed by atoms with van der Waals surface area (Å²) >= 11 is 0. The van der Waals surface area contributed by atoms with Gasteiger partial charge in [-0.1, -0.05) is 33.1 Å². The lowest BCUT2D eigenvalue weighted by Gasteiger charge is -2.44. The SMILES string of the molecule is CC(C)CCCNCCN1CCC2(CCCCC2)CC1. The highest BCUT2D eigenvalue weighted by molar-refractivity contribution is 4.88. The third-order valence-corrected chi connectivity index (χ3v) is 5.57. The van der Waals surface area contributed by atoms with Gasteiger partial charge in [0.25, 0.3) is 0 Å². The minimum absolute atomic E-state index is 0.763. The summed E-state index contributed by atoms with van der Waals surface area (Å²) in [5, 5.41) is 3.62. The zero-order valence-electron chi connectivity index (χ0n) is 13.9. The minimum Gasteiger partial charge on any atom is -0.315 e. The van der Waals surface area contributed by atoms with E-state index in [1.54, 1.807) is 0 Å². The standard InChI is InChI=1S/C18H36N2/c1-17(2)7-6-12-19-13-16-20-14-10-18(11-15-20)8-4-3-5-9-18/h17,19H,3-16H2,1-2H3. The van der Waals surface area contributed by atoms with Crippen LogP contribution in [0.1, 0.15) is 71.6 Å². The molecule has 0 bridgehead atoms. The lowest BCUT2D eigenvalue weighted by atomic mass is 9.68. The maximum atomic E-state index is 3.62. The van der Waals surface area contributed by atoms with Gasteiger partial charge in [-0.2, -0.15) is 0 Å². The Hall–Kier alpha value is -0.0800. The molecule has 1 aliphatic carbocycles. The summed E-state index contributed by atoms with van der Waals surface area (Å²) in [5.41, 5.74) is 0.763. The molecule has 0 aromatic rings. The highest BCUT2D eigenvalue weighted by atomic mass is 15.1. The van der Waals surface area contributed by atoms with Gasteiger partial charge in [-0.15, -0.1) is 0 Å². The molecule has 1 aliphatic heterocycles. The van der Waals surface area contributed by atoms with E-state index in [9.17, 15) is 0 Å². The van der Waals surface area contributed by atoms with E-state index < -0.39 is 0 Å². The van der Waals surface area contributed by atoms with Crippen LogP contribution in [0, 0.1) is 11.3 Å². The molecule has 1 saturated carbocycles. The Morgan fingerprint density at radius 3 is 2.30 bits per heavy atom. The molecule has 1 heterocycles. The van der Waals surface area contributed by atoms with Crippen LogP contribution in [0.15, 0.2) is 0 Å². The molecule has 1 spiro atoms. The fourth-order valence-corrected chi connectivity index (χ4v) is 4.05. The minimum atomic E-state index is 0.763. The highest BCUT2D eigenvalue weighted by Crippen LogP contribution is 2.44. The van der Waals surface area contributed by atoms with E-state index in [1.165, 1.54) is 90.5 Å². The van der Waals surface area contributed by atoms with Crippen molar-refractivity contribution >= 4 is 0 Å². The van der Waals surface area contributed by atoms with Crippen LogP contribution in [-0.2, 0) is 0 Å². The zero-order valence-corrected chi connectivity index (χ0v) is 13.9. The zero-order chi connectivity index (χ0) is 14.3. The highest BCUT2D eigenvalue weighted by Gasteiger charge is 2.35. The second-order valence-corrected chi connectivity index (χ2v) is 7.69. The Balaban J connectivity index is 1.51. The average Bonchev–Trinajstić information content (AvgIpc) is 2.45. The molecule has 2 nitrogen and oxygen atoms in total. The van der Waals surface area contributed by atoms with Crippen molar-refractivity contribution in [2.24, 2.45) is 11.3 Å². The van der Waals surface area contributed by atoms with E-state index in [0.717, 1.165) is 11.3 Å². The van der Waals surface area contributed by atoms with Crippen LogP contribution in [0.4, 0.5) is 0 Å². The molecule has 1 saturated heterocycles. The van der Waals surface area contributed by atoms with Gasteiger partial charge in [0.15, 0.2) is 0 Å². The summed E-state index contributed by atoms with van der Waals surface area (Å²) in [6, 6.07) is 0. The molecule has 2 fully saturated rings. The second-order valence-electron chi connectivity index (χ2n) is 7.69. The fourth-order valence-electron chi connectivity index (χ4n) is 4.05. The van der Waals surface area contributed by atoms with Crippen LogP contribution in [0.25, 0.3) is 0 Å². The fraction of sp³-hybridized carbons (Fsp3) is 1.00. The Morgan fingerprint density at radius 2 is 1.65 bits per heavy atom. The number of hydrogen-bond donors (Lipinski definition) is 1. The largest absolute Gasteiger partial charge is 0.315 e. The molecule has 2 aliphatic rings. The first-order valence-corrected chi connectivity index (χ1v) is 9.13. The van der Waals surface area contributed by atoms with Crippen LogP contribution in [0.3, 0.4) is 0 Å². The third-order valence-electron chi connectivity index (χ3n) is 5.57. The lowest BCUT2D eigenvalue weighted by molar-refractivity contribution is 0.0684. The average molecular weight is 280 g/mol. The molecule has 20 heavy (non-hydrogen) atoms.